The molecule has 6 N–H and O–H groups in total. The summed E-state index contributed by atoms with van der Waals surface area (Å²) in [6.07, 6.45) is 7.69. The molecule has 0 atom stereocenters. The monoisotopic (exact) mass is 834 g/mol. The molecule has 0 saturated heterocycles. The summed E-state index contributed by atoms with van der Waals surface area (Å²) in [6.45, 7) is 0. The Hall–Kier alpha value is -5.28. The van der Waals surface area contributed by atoms with Gasteiger partial charge >= 0.3 is 0 Å². The number of primary sulfonamides is 2. The van der Waals surface area contributed by atoms with Crippen molar-refractivity contribution in [2.75, 3.05) is 10.6 Å². The number of rotatable bonds is 10. The quantitative estimate of drug-likeness (QED) is 0.153. The van der Waals surface area contributed by atoms with Crippen LogP contribution in [0.3, 0.4) is 0 Å². The molecule has 0 bridgehead atoms. The SMILES string of the molecule is NS(=O)(=O)c1cc(NC(=O)Cc2ccccc2Cl)cnc1-n1cc(Cl)cn1.NS(=O)(=O)c1cc(NC(=O)Cc2ccccc2F)cnc1-n1cc(Cl)cn1. The first-order chi connectivity index (χ1) is 25.5. The molecule has 4 aromatic heterocycles. The predicted molar refractivity (Wildman–Crippen MR) is 198 cm³/mol. The van der Waals surface area contributed by atoms with Crippen molar-refractivity contribution < 1.29 is 30.8 Å². The highest BCUT2D eigenvalue weighted by Gasteiger charge is 2.21. The first kappa shape index (κ1) is 39.9. The van der Waals surface area contributed by atoms with Crippen LogP contribution in [0.1, 0.15) is 11.1 Å². The fraction of sp³-hybridized carbons (Fsp3) is 0.0625. The van der Waals surface area contributed by atoms with Crippen molar-refractivity contribution in [3.05, 3.63) is 130 Å². The Bertz CT molecular complexity index is 2410. The molecule has 4 heterocycles. The molecule has 0 radical (unpaired) electrons. The number of anilines is 2. The van der Waals surface area contributed by atoms with Gasteiger partial charge in [-0.05, 0) is 35.4 Å². The van der Waals surface area contributed by atoms with E-state index >= 15 is 0 Å². The fourth-order valence-electron chi connectivity index (χ4n) is 4.65. The molecule has 0 spiro atoms. The molecule has 16 nitrogen and oxygen atoms in total. The maximum absolute atomic E-state index is 13.6. The van der Waals surface area contributed by atoms with Gasteiger partial charge in [0.15, 0.2) is 11.6 Å². The zero-order valence-electron chi connectivity index (χ0n) is 27.3. The van der Waals surface area contributed by atoms with Gasteiger partial charge in [0, 0.05) is 5.02 Å². The number of pyridine rings is 2. The summed E-state index contributed by atoms with van der Waals surface area (Å²) in [6, 6.07) is 15.1. The van der Waals surface area contributed by atoms with E-state index in [-0.39, 0.29) is 62.1 Å². The number of carbonyl (C=O) groups excluding carboxylic acids is 2. The number of carbonyl (C=O) groups is 2. The van der Waals surface area contributed by atoms with Gasteiger partial charge in [0.25, 0.3) is 0 Å². The lowest BCUT2D eigenvalue weighted by atomic mass is 10.1. The molecule has 6 rings (SSSR count). The number of hydrogen-bond donors (Lipinski definition) is 4. The molecule has 0 aliphatic heterocycles. The van der Waals surface area contributed by atoms with E-state index in [4.69, 9.17) is 45.1 Å². The van der Waals surface area contributed by atoms with Gasteiger partial charge in [0.05, 0.1) is 71.4 Å². The number of hydrogen-bond acceptors (Lipinski definition) is 10. The third-order valence-corrected chi connectivity index (χ3v) is 9.59. The van der Waals surface area contributed by atoms with Crippen molar-refractivity contribution in [2.45, 2.75) is 22.6 Å². The number of amides is 2. The van der Waals surface area contributed by atoms with E-state index < -0.39 is 31.8 Å². The minimum Gasteiger partial charge on any atom is -0.324 e. The standard InChI is InChI=1S/C16H13Cl2N5O3S.C16H13ClFN5O3S/c2*17-11-7-21-23(9-11)16-14(27(19,25)26)6-12(8-20-16)22-15(24)5-10-3-1-2-4-13(10)18/h2*1-4,6-9H,5H2,(H,22,24)(H2,19,25,26). The molecule has 22 heteroatoms. The van der Waals surface area contributed by atoms with Crippen LogP contribution in [-0.4, -0.2) is 58.2 Å². The number of nitrogens with one attached hydrogen (secondary N) is 2. The van der Waals surface area contributed by atoms with E-state index in [0.717, 1.165) is 10.7 Å². The number of sulfonamides is 2. The van der Waals surface area contributed by atoms with Crippen LogP contribution in [0.15, 0.2) is 108 Å². The van der Waals surface area contributed by atoms with E-state index in [1.807, 2.05) is 0 Å². The van der Waals surface area contributed by atoms with Crippen LogP contribution in [0, 0.1) is 5.82 Å². The number of nitrogens with two attached hydrogens (primary N) is 2. The summed E-state index contributed by atoms with van der Waals surface area (Å²) < 4.78 is 63.7. The first-order valence-electron chi connectivity index (χ1n) is 15.0. The Labute approximate surface area is 322 Å². The van der Waals surface area contributed by atoms with Crippen molar-refractivity contribution in [2.24, 2.45) is 10.3 Å². The summed E-state index contributed by atoms with van der Waals surface area (Å²) in [5, 5.41) is 24.4. The molecule has 0 aliphatic rings. The van der Waals surface area contributed by atoms with Gasteiger partial charge in [-0.2, -0.15) is 10.2 Å². The Morgan fingerprint density at radius 2 is 1.09 bits per heavy atom. The summed E-state index contributed by atoms with van der Waals surface area (Å²) in [5.74, 6) is -1.55. The van der Waals surface area contributed by atoms with Crippen molar-refractivity contribution in [3.63, 3.8) is 0 Å². The minimum atomic E-state index is -4.17. The van der Waals surface area contributed by atoms with Crippen molar-refractivity contribution in [1.82, 2.24) is 29.5 Å². The molecular formula is C32H26Cl3FN10O6S2. The van der Waals surface area contributed by atoms with Gasteiger partial charge in [0.2, 0.25) is 31.9 Å². The molecular weight excluding hydrogens is 810 g/mol. The molecule has 6 aromatic rings. The van der Waals surface area contributed by atoms with Crippen LogP contribution < -0.4 is 20.9 Å². The van der Waals surface area contributed by atoms with Gasteiger partial charge in [-0.15, -0.1) is 0 Å². The minimum absolute atomic E-state index is 0.0148. The molecule has 0 aliphatic carbocycles. The van der Waals surface area contributed by atoms with Gasteiger partial charge in [0.1, 0.15) is 15.6 Å². The predicted octanol–water partition coefficient (Wildman–Crippen LogP) is 4.29. The lowest BCUT2D eigenvalue weighted by Crippen LogP contribution is -2.19. The van der Waals surface area contributed by atoms with Crippen molar-refractivity contribution in [1.29, 1.82) is 0 Å². The third-order valence-electron chi connectivity index (χ3n) is 7.00. The van der Waals surface area contributed by atoms with Crippen LogP contribution >= 0.6 is 34.8 Å². The van der Waals surface area contributed by atoms with Crippen LogP contribution in [0.4, 0.5) is 15.8 Å². The normalized spacial score (nSPS) is 11.4. The molecule has 2 aromatic carbocycles. The molecule has 54 heavy (non-hydrogen) atoms. The Morgan fingerprint density at radius 3 is 1.50 bits per heavy atom. The number of benzene rings is 2. The smallest absolute Gasteiger partial charge is 0.241 e. The fourth-order valence-corrected chi connectivity index (χ4v) is 6.51. The molecule has 0 saturated carbocycles. The molecule has 0 unspecified atom stereocenters. The average Bonchev–Trinajstić information content (AvgIpc) is 3.74. The summed E-state index contributed by atoms with van der Waals surface area (Å²) in [4.78, 5) is 31.8. The second-order valence-electron chi connectivity index (χ2n) is 11.0. The van der Waals surface area contributed by atoms with E-state index in [9.17, 15) is 30.8 Å². The third kappa shape index (κ3) is 10.4. The second kappa shape index (κ2) is 16.8. The summed E-state index contributed by atoms with van der Waals surface area (Å²) in [5.41, 5.74) is 1.09. The van der Waals surface area contributed by atoms with Gasteiger partial charge < -0.3 is 10.6 Å². The zero-order chi connectivity index (χ0) is 39.2. The second-order valence-corrected chi connectivity index (χ2v) is 15.4. The molecule has 280 valence electrons. The Morgan fingerprint density at radius 1 is 0.667 bits per heavy atom. The van der Waals surface area contributed by atoms with Crippen LogP contribution in [0.25, 0.3) is 11.6 Å². The highest BCUT2D eigenvalue weighted by molar-refractivity contribution is 7.89. The highest BCUT2D eigenvalue weighted by atomic mass is 35.5. The number of aromatic nitrogens is 6. The van der Waals surface area contributed by atoms with Crippen molar-refractivity contribution in [3.8, 4) is 11.6 Å². The topological polar surface area (TPSA) is 240 Å². The highest BCUT2D eigenvalue weighted by Crippen LogP contribution is 2.24. The van der Waals surface area contributed by atoms with Crippen molar-refractivity contribution >= 4 is 78.0 Å². The summed E-state index contributed by atoms with van der Waals surface area (Å²) >= 11 is 17.6. The Kier molecular flexibility index (Phi) is 12.4. The van der Waals surface area contributed by atoms with Gasteiger partial charge in [-0.25, -0.2) is 50.8 Å². The number of halogens is 4. The van der Waals surface area contributed by atoms with E-state index in [0.29, 0.717) is 15.6 Å². The van der Waals surface area contributed by atoms with E-state index in [1.165, 1.54) is 66.1 Å². The maximum atomic E-state index is 13.6. The van der Waals surface area contributed by atoms with Gasteiger partial charge in [-0.3, -0.25) is 9.59 Å². The lowest BCUT2D eigenvalue weighted by molar-refractivity contribution is -0.116. The van der Waals surface area contributed by atoms with Crippen LogP contribution in [-0.2, 0) is 42.5 Å². The first-order valence-corrected chi connectivity index (χ1v) is 19.2. The number of nitrogens with zero attached hydrogens (tertiary/aromatic N) is 6. The lowest BCUT2D eigenvalue weighted by Gasteiger charge is -2.11. The Balaban J connectivity index is 0.000000208. The largest absolute Gasteiger partial charge is 0.324 e. The van der Waals surface area contributed by atoms with E-state index in [1.54, 1.807) is 30.3 Å². The average molecular weight is 836 g/mol. The molecule has 2 amide bonds. The van der Waals surface area contributed by atoms with Gasteiger partial charge in [-0.1, -0.05) is 71.2 Å². The molecule has 0 fully saturated rings. The zero-order valence-corrected chi connectivity index (χ0v) is 31.2. The summed E-state index contributed by atoms with van der Waals surface area (Å²) in [7, 11) is -8.31. The maximum Gasteiger partial charge on any atom is 0.241 e. The van der Waals surface area contributed by atoms with Crippen LogP contribution in [0.5, 0.6) is 0 Å². The van der Waals surface area contributed by atoms with E-state index in [2.05, 4.69) is 30.8 Å². The van der Waals surface area contributed by atoms with Crippen LogP contribution in [0.2, 0.25) is 15.1 Å².